The van der Waals surface area contributed by atoms with Crippen LogP contribution in [0.1, 0.15) is 27.1 Å². The number of rotatable bonds is 5. The molecule has 1 aliphatic heterocycles. The fourth-order valence-corrected chi connectivity index (χ4v) is 2.31. The second kappa shape index (κ2) is 6.00. The van der Waals surface area contributed by atoms with Gasteiger partial charge in [0.1, 0.15) is 0 Å². The molecule has 0 atom stereocenters. The van der Waals surface area contributed by atoms with Crippen LogP contribution in [0.4, 0.5) is 0 Å². The van der Waals surface area contributed by atoms with E-state index in [0.29, 0.717) is 17.7 Å². The van der Waals surface area contributed by atoms with Crippen molar-refractivity contribution in [1.82, 2.24) is 10.2 Å². The summed E-state index contributed by atoms with van der Waals surface area (Å²) < 4.78 is 0.739. The van der Waals surface area contributed by atoms with Crippen molar-refractivity contribution in [3.63, 3.8) is 0 Å². The largest absolute Gasteiger partial charge is 0.353 e. The molecule has 1 heterocycles. The molecule has 0 spiro atoms. The Kier molecular flexibility index (Phi) is 4.34. The summed E-state index contributed by atoms with van der Waals surface area (Å²) in [6, 6.07) is 4.94. The number of nitrogens with zero attached hydrogens (tertiary/aromatic N) is 1. The molecule has 1 aromatic carbocycles. The molecule has 2 rings (SSSR count). The number of benzene rings is 1. The molecule has 6 heteroatoms. The molecule has 104 valence electrons. The van der Waals surface area contributed by atoms with Crippen molar-refractivity contribution in [3.05, 3.63) is 46.5 Å². The van der Waals surface area contributed by atoms with E-state index in [-0.39, 0.29) is 30.7 Å². The molecule has 0 saturated heterocycles. The second-order valence-electron chi connectivity index (χ2n) is 4.29. The van der Waals surface area contributed by atoms with E-state index in [4.69, 9.17) is 0 Å². The van der Waals surface area contributed by atoms with Crippen molar-refractivity contribution >= 4 is 33.7 Å². The smallest absolute Gasteiger partial charge is 0.261 e. The zero-order valence-electron chi connectivity index (χ0n) is 10.7. The number of nitrogens with one attached hydrogen (secondary N) is 1. The van der Waals surface area contributed by atoms with E-state index < -0.39 is 0 Å². The summed E-state index contributed by atoms with van der Waals surface area (Å²) in [7, 11) is 0. The van der Waals surface area contributed by atoms with Crippen molar-refractivity contribution in [2.45, 2.75) is 6.42 Å². The molecular formula is C14H13BrN2O3. The van der Waals surface area contributed by atoms with Crippen LogP contribution in [-0.2, 0) is 4.79 Å². The molecule has 0 unspecified atom stereocenters. The van der Waals surface area contributed by atoms with Gasteiger partial charge in [0.25, 0.3) is 11.8 Å². The SMILES string of the molecule is C=CCNC(=O)CCN1C(=O)c2ccc(Br)cc2C1=O. The van der Waals surface area contributed by atoms with E-state index in [9.17, 15) is 14.4 Å². The van der Waals surface area contributed by atoms with E-state index in [2.05, 4.69) is 27.8 Å². The van der Waals surface area contributed by atoms with Gasteiger partial charge in [-0.3, -0.25) is 19.3 Å². The number of hydrogen-bond acceptors (Lipinski definition) is 3. The highest BCUT2D eigenvalue weighted by Crippen LogP contribution is 2.25. The Morgan fingerprint density at radius 2 is 2.00 bits per heavy atom. The van der Waals surface area contributed by atoms with Gasteiger partial charge in [0.15, 0.2) is 0 Å². The molecule has 0 fully saturated rings. The standard InChI is InChI=1S/C14H13BrN2O3/c1-2-6-16-12(18)5-7-17-13(19)10-4-3-9(15)8-11(10)14(17)20/h2-4,8H,1,5-7H2,(H,16,18). The Morgan fingerprint density at radius 3 is 2.70 bits per heavy atom. The first-order valence-corrected chi connectivity index (χ1v) is 6.87. The third-order valence-electron chi connectivity index (χ3n) is 2.94. The Hall–Kier alpha value is -1.95. The first kappa shape index (κ1) is 14.5. The number of hydrogen-bond donors (Lipinski definition) is 1. The van der Waals surface area contributed by atoms with Crippen LogP contribution in [0.5, 0.6) is 0 Å². The predicted octanol–water partition coefficient (Wildman–Crippen LogP) is 1.74. The van der Waals surface area contributed by atoms with Gasteiger partial charge in [-0.2, -0.15) is 0 Å². The van der Waals surface area contributed by atoms with E-state index in [1.165, 1.54) is 0 Å². The molecule has 1 aliphatic rings. The molecule has 0 radical (unpaired) electrons. The van der Waals surface area contributed by atoms with E-state index >= 15 is 0 Å². The lowest BCUT2D eigenvalue weighted by Crippen LogP contribution is -2.34. The third-order valence-corrected chi connectivity index (χ3v) is 3.43. The minimum atomic E-state index is -0.358. The molecule has 0 aromatic heterocycles. The van der Waals surface area contributed by atoms with Crippen LogP contribution in [0.15, 0.2) is 35.3 Å². The highest BCUT2D eigenvalue weighted by Gasteiger charge is 2.35. The average molecular weight is 337 g/mol. The fourth-order valence-electron chi connectivity index (χ4n) is 1.95. The molecule has 0 saturated carbocycles. The molecule has 1 N–H and O–H groups in total. The summed E-state index contributed by atoms with van der Waals surface area (Å²) in [5, 5.41) is 2.60. The molecule has 5 nitrogen and oxygen atoms in total. The van der Waals surface area contributed by atoms with Gasteiger partial charge in [0, 0.05) is 24.0 Å². The Morgan fingerprint density at radius 1 is 1.30 bits per heavy atom. The number of imide groups is 1. The van der Waals surface area contributed by atoms with Gasteiger partial charge in [-0.1, -0.05) is 22.0 Å². The van der Waals surface area contributed by atoms with E-state index in [1.54, 1.807) is 24.3 Å². The third kappa shape index (κ3) is 2.80. The van der Waals surface area contributed by atoms with Gasteiger partial charge in [0.05, 0.1) is 11.1 Å². The van der Waals surface area contributed by atoms with Crippen molar-refractivity contribution in [1.29, 1.82) is 0 Å². The lowest BCUT2D eigenvalue weighted by Gasteiger charge is -2.13. The summed E-state index contributed by atoms with van der Waals surface area (Å²) in [4.78, 5) is 36.8. The number of carbonyl (C=O) groups is 3. The second-order valence-corrected chi connectivity index (χ2v) is 5.21. The van der Waals surface area contributed by atoms with Crippen molar-refractivity contribution < 1.29 is 14.4 Å². The van der Waals surface area contributed by atoms with Gasteiger partial charge in [0.2, 0.25) is 5.91 Å². The number of halogens is 1. The van der Waals surface area contributed by atoms with Crippen LogP contribution in [0.25, 0.3) is 0 Å². The topological polar surface area (TPSA) is 66.5 Å². The Bertz CT molecular complexity index is 598. The summed E-state index contributed by atoms with van der Waals surface area (Å²) in [5.41, 5.74) is 0.751. The summed E-state index contributed by atoms with van der Waals surface area (Å²) in [6.45, 7) is 3.94. The Balaban J connectivity index is 2.05. The van der Waals surface area contributed by atoms with Gasteiger partial charge in [-0.15, -0.1) is 6.58 Å². The lowest BCUT2D eigenvalue weighted by molar-refractivity contribution is -0.120. The maximum Gasteiger partial charge on any atom is 0.261 e. The highest BCUT2D eigenvalue weighted by atomic mass is 79.9. The monoisotopic (exact) mass is 336 g/mol. The molecule has 0 bridgehead atoms. The molecule has 0 aliphatic carbocycles. The van der Waals surface area contributed by atoms with Crippen LogP contribution in [-0.4, -0.2) is 35.7 Å². The number of fused-ring (bicyclic) bond motifs is 1. The van der Waals surface area contributed by atoms with Gasteiger partial charge >= 0.3 is 0 Å². The van der Waals surface area contributed by atoms with E-state index in [1.807, 2.05) is 0 Å². The van der Waals surface area contributed by atoms with Crippen LogP contribution < -0.4 is 5.32 Å². The zero-order chi connectivity index (χ0) is 14.7. The van der Waals surface area contributed by atoms with Crippen LogP contribution in [0.2, 0.25) is 0 Å². The van der Waals surface area contributed by atoms with Gasteiger partial charge in [-0.25, -0.2) is 0 Å². The Labute approximate surface area is 124 Å². The highest BCUT2D eigenvalue weighted by molar-refractivity contribution is 9.10. The summed E-state index contributed by atoms with van der Waals surface area (Å²) >= 11 is 3.27. The molecule has 20 heavy (non-hydrogen) atoms. The van der Waals surface area contributed by atoms with Crippen LogP contribution in [0, 0.1) is 0 Å². The van der Waals surface area contributed by atoms with Crippen molar-refractivity contribution in [3.8, 4) is 0 Å². The van der Waals surface area contributed by atoms with Gasteiger partial charge < -0.3 is 5.32 Å². The average Bonchev–Trinajstić information content (AvgIpc) is 2.66. The summed E-state index contributed by atoms with van der Waals surface area (Å²) in [6.07, 6.45) is 1.65. The molecule has 3 amide bonds. The van der Waals surface area contributed by atoms with Crippen LogP contribution >= 0.6 is 15.9 Å². The maximum atomic E-state index is 12.1. The zero-order valence-corrected chi connectivity index (χ0v) is 12.3. The quantitative estimate of drug-likeness (QED) is 0.657. The van der Waals surface area contributed by atoms with Crippen molar-refractivity contribution in [2.75, 3.05) is 13.1 Å². The first-order valence-electron chi connectivity index (χ1n) is 6.08. The normalized spacial score (nSPS) is 13.3. The maximum absolute atomic E-state index is 12.1. The minimum Gasteiger partial charge on any atom is -0.353 e. The van der Waals surface area contributed by atoms with Crippen LogP contribution in [0.3, 0.4) is 0 Å². The van der Waals surface area contributed by atoms with Crippen molar-refractivity contribution in [2.24, 2.45) is 0 Å². The molecular weight excluding hydrogens is 324 g/mol. The lowest BCUT2D eigenvalue weighted by atomic mass is 10.1. The first-order chi connectivity index (χ1) is 9.54. The van der Waals surface area contributed by atoms with Gasteiger partial charge in [-0.05, 0) is 18.2 Å². The fraction of sp³-hybridized carbons (Fsp3) is 0.214. The summed E-state index contributed by atoms with van der Waals surface area (Å²) in [5.74, 6) is -0.931. The minimum absolute atomic E-state index is 0.0763. The van der Waals surface area contributed by atoms with E-state index in [0.717, 1.165) is 9.37 Å². The predicted molar refractivity (Wildman–Crippen MR) is 77.3 cm³/mol. The molecule has 1 aromatic rings. The number of amides is 3. The number of carbonyl (C=O) groups excluding carboxylic acids is 3.